The molecule has 0 aromatic carbocycles. The Labute approximate surface area is 112 Å². The van der Waals surface area contributed by atoms with Crippen LogP contribution in [-0.2, 0) is 9.59 Å². The Morgan fingerprint density at radius 3 is 2.11 bits per heavy atom. The van der Waals surface area contributed by atoms with Crippen LogP contribution in [0.1, 0.15) is 46.5 Å². The lowest BCUT2D eigenvalue weighted by Crippen LogP contribution is -2.62. The highest BCUT2D eigenvalue weighted by Gasteiger charge is 2.48. The Morgan fingerprint density at radius 2 is 1.72 bits per heavy atom. The third-order valence-corrected chi connectivity index (χ3v) is 3.37. The van der Waals surface area contributed by atoms with Gasteiger partial charge >= 0.3 is 0 Å². The fourth-order valence-corrected chi connectivity index (χ4v) is 2.29. The van der Waals surface area contributed by atoms with Gasteiger partial charge in [-0.2, -0.15) is 0 Å². The number of rotatable bonds is 5. The van der Waals surface area contributed by atoms with Crippen molar-refractivity contribution < 1.29 is 14.7 Å². The second-order valence-electron chi connectivity index (χ2n) is 5.38. The van der Waals surface area contributed by atoms with E-state index < -0.39 is 11.0 Å². The number of nitrogens with one attached hydrogen (secondary N) is 2. The van der Waals surface area contributed by atoms with Crippen LogP contribution < -0.4 is 10.6 Å². The predicted octanol–water partition coefficient (Wildman–Crippen LogP) is 0.855. The van der Waals surface area contributed by atoms with Crippen molar-refractivity contribution in [1.29, 1.82) is 0 Å². The van der Waals surface area contributed by atoms with Gasteiger partial charge in [0.05, 0.1) is 5.60 Å². The van der Waals surface area contributed by atoms with Gasteiger partial charge in [-0.1, -0.05) is 13.3 Å². The summed E-state index contributed by atoms with van der Waals surface area (Å²) < 4.78 is 0. The minimum absolute atomic E-state index is 0.0555. The molecule has 0 aromatic heterocycles. The van der Waals surface area contributed by atoms with Gasteiger partial charge in [-0.25, -0.2) is 0 Å². The summed E-state index contributed by atoms with van der Waals surface area (Å²) in [6.45, 7) is 5.24. The Hall–Kier alpha value is -1.01. The lowest BCUT2D eigenvalue weighted by molar-refractivity contribution is -0.145. The van der Waals surface area contributed by atoms with Crippen LogP contribution in [0.15, 0.2) is 0 Å². The number of hydrogen-bond acceptors (Lipinski definition) is 4. The zero-order valence-electron chi connectivity index (χ0n) is 11.0. The lowest BCUT2D eigenvalue weighted by Gasteiger charge is -2.36. The van der Waals surface area contributed by atoms with Crippen molar-refractivity contribution in [2.75, 3.05) is 0 Å². The average molecular weight is 272 g/mol. The largest absolute Gasteiger partial charge is 0.390 e. The first-order chi connectivity index (χ1) is 8.21. The molecule has 0 aliphatic carbocycles. The van der Waals surface area contributed by atoms with E-state index in [4.69, 9.17) is 12.2 Å². The second-order valence-corrected chi connectivity index (χ2v) is 5.79. The smallest absolute Gasteiger partial charge is 0.241 e. The zero-order valence-corrected chi connectivity index (χ0v) is 11.8. The summed E-state index contributed by atoms with van der Waals surface area (Å²) in [5, 5.41) is 14.8. The summed E-state index contributed by atoms with van der Waals surface area (Å²) in [7, 11) is 0. The molecule has 5 nitrogen and oxygen atoms in total. The quantitative estimate of drug-likeness (QED) is 0.512. The van der Waals surface area contributed by atoms with Crippen molar-refractivity contribution >= 4 is 29.1 Å². The second kappa shape index (κ2) is 5.32. The molecule has 0 unspecified atom stereocenters. The van der Waals surface area contributed by atoms with Gasteiger partial charge in [0.25, 0.3) is 0 Å². The van der Waals surface area contributed by atoms with Crippen molar-refractivity contribution in [2.45, 2.75) is 52.1 Å². The van der Waals surface area contributed by atoms with Gasteiger partial charge in [0, 0.05) is 0 Å². The molecule has 0 spiro atoms. The Balaban J connectivity index is 2.94. The fourth-order valence-electron chi connectivity index (χ4n) is 2.11. The minimum atomic E-state index is -1.11. The van der Waals surface area contributed by atoms with Crippen molar-refractivity contribution in [3.05, 3.63) is 0 Å². The summed E-state index contributed by atoms with van der Waals surface area (Å²) in [5.41, 5.74) is -2.02. The van der Waals surface area contributed by atoms with E-state index in [1.807, 2.05) is 6.92 Å². The molecular weight excluding hydrogens is 252 g/mol. The van der Waals surface area contributed by atoms with E-state index in [1.165, 1.54) is 0 Å². The van der Waals surface area contributed by atoms with Gasteiger partial charge in [0.1, 0.15) is 5.41 Å². The molecule has 3 N–H and O–H groups in total. The fraction of sp³-hybridized carbons (Fsp3) is 0.750. The third-order valence-electron chi connectivity index (χ3n) is 3.16. The van der Waals surface area contributed by atoms with Gasteiger partial charge in [0.15, 0.2) is 5.11 Å². The molecule has 1 aliphatic rings. The van der Waals surface area contributed by atoms with Gasteiger partial charge in [-0.05, 0) is 45.3 Å². The van der Waals surface area contributed by atoms with Crippen LogP contribution in [-0.4, -0.2) is 27.6 Å². The first kappa shape index (κ1) is 15.0. The van der Waals surface area contributed by atoms with Crippen LogP contribution in [0.3, 0.4) is 0 Å². The van der Waals surface area contributed by atoms with Crippen molar-refractivity contribution in [2.24, 2.45) is 5.41 Å². The molecule has 0 saturated carbocycles. The van der Waals surface area contributed by atoms with Crippen LogP contribution >= 0.6 is 12.2 Å². The molecule has 1 saturated heterocycles. The van der Waals surface area contributed by atoms with E-state index in [-0.39, 0.29) is 16.9 Å². The topological polar surface area (TPSA) is 78.4 Å². The molecule has 1 heterocycles. The molecule has 0 bridgehead atoms. The number of carbonyl (C=O) groups is 2. The van der Waals surface area contributed by atoms with Gasteiger partial charge in [0.2, 0.25) is 11.8 Å². The summed E-state index contributed by atoms with van der Waals surface area (Å²) in [5.74, 6) is -0.718. The Kier molecular flexibility index (Phi) is 4.45. The monoisotopic (exact) mass is 272 g/mol. The van der Waals surface area contributed by atoms with Crippen LogP contribution in [0.4, 0.5) is 0 Å². The maximum atomic E-state index is 12.1. The van der Waals surface area contributed by atoms with E-state index in [0.717, 1.165) is 0 Å². The molecular formula is C12H20N2O3S. The molecule has 1 fully saturated rings. The maximum absolute atomic E-state index is 12.1. The molecule has 1 rings (SSSR count). The standard InChI is InChI=1S/C12H20N2O3S/c1-4-5-12(7-6-11(2,3)17)8(15)13-10(18)14-9(12)16/h17H,4-7H2,1-3H3,(H2,13,14,15,16,18). The molecule has 18 heavy (non-hydrogen) atoms. The van der Waals surface area contributed by atoms with Crippen LogP contribution in [0, 0.1) is 5.41 Å². The SMILES string of the molecule is CCCC1(CCC(C)(C)O)C(=O)NC(=S)NC1=O. The highest BCUT2D eigenvalue weighted by atomic mass is 32.1. The molecule has 0 atom stereocenters. The molecule has 2 amide bonds. The van der Waals surface area contributed by atoms with Crippen LogP contribution in [0.25, 0.3) is 0 Å². The van der Waals surface area contributed by atoms with E-state index in [2.05, 4.69) is 10.6 Å². The highest BCUT2D eigenvalue weighted by Crippen LogP contribution is 2.34. The molecule has 0 radical (unpaired) electrons. The zero-order chi connectivity index (χ0) is 14.0. The summed E-state index contributed by atoms with van der Waals surface area (Å²) in [6, 6.07) is 0. The number of hydrogen-bond donors (Lipinski definition) is 3. The van der Waals surface area contributed by atoms with E-state index >= 15 is 0 Å². The van der Waals surface area contributed by atoms with Crippen molar-refractivity contribution in [3.63, 3.8) is 0 Å². The van der Waals surface area contributed by atoms with E-state index in [0.29, 0.717) is 25.7 Å². The van der Waals surface area contributed by atoms with E-state index in [1.54, 1.807) is 13.8 Å². The summed E-state index contributed by atoms with van der Waals surface area (Å²) in [6.07, 6.45) is 1.84. The molecule has 1 aliphatic heterocycles. The molecule has 6 heteroatoms. The normalized spacial score (nSPS) is 19.4. The predicted molar refractivity (Wildman–Crippen MR) is 71.8 cm³/mol. The number of amides is 2. The minimum Gasteiger partial charge on any atom is -0.390 e. The first-order valence-electron chi connectivity index (χ1n) is 6.10. The summed E-state index contributed by atoms with van der Waals surface area (Å²) in [4.78, 5) is 24.2. The molecule has 102 valence electrons. The lowest BCUT2D eigenvalue weighted by atomic mass is 9.74. The average Bonchev–Trinajstić information content (AvgIpc) is 2.20. The van der Waals surface area contributed by atoms with E-state index in [9.17, 15) is 14.7 Å². The van der Waals surface area contributed by atoms with Crippen LogP contribution in [0.5, 0.6) is 0 Å². The van der Waals surface area contributed by atoms with Crippen molar-refractivity contribution in [1.82, 2.24) is 10.6 Å². The van der Waals surface area contributed by atoms with Gasteiger partial charge in [-0.15, -0.1) is 0 Å². The number of aliphatic hydroxyl groups is 1. The Morgan fingerprint density at radius 1 is 1.22 bits per heavy atom. The maximum Gasteiger partial charge on any atom is 0.241 e. The first-order valence-corrected chi connectivity index (χ1v) is 6.51. The highest BCUT2D eigenvalue weighted by molar-refractivity contribution is 7.80. The van der Waals surface area contributed by atoms with Gasteiger partial charge < -0.3 is 15.7 Å². The summed E-state index contributed by atoms with van der Waals surface area (Å²) >= 11 is 4.79. The Bertz CT molecular complexity index is 354. The van der Waals surface area contributed by atoms with Gasteiger partial charge in [-0.3, -0.25) is 9.59 Å². The molecule has 0 aromatic rings. The third kappa shape index (κ3) is 3.26. The number of carbonyl (C=O) groups excluding carboxylic acids is 2. The van der Waals surface area contributed by atoms with Crippen LogP contribution in [0.2, 0.25) is 0 Å². The number of thiocarbonyl (C=S) groups is 1. The van der Waals surface area contributed by atoms with Crippen molar-refractivity contribution in [3.8, 4) is 0 Å².